The Labute approximate surface area is 144 Å². The maximum Gasteiger partial charge on any atom is 0.122 e. The Kier molecular flexibility index (Phi) is 4.56. The van der Waals surface area contributed by atoms with Gasteiger partial charge in [0, 0.05) is 45.4 Å². The maximum absolute atomic E-state index is 5.60. The van der Waals surface area contributed by atoms with Crippen molar-refractivity contribution in [1.29, 1.82) is 0 Å². The van der Waals surface area contributed by atoms with Crippen LogP contribution in [0.3, 0.4) is 0 Å². The molecule has 0 bridgehead atoms. The second-order valence-electron chi connectivity index (χ2n) is 7.26. The van der Waals surface area contributed by atoms with Crippen LogP contribution in [0.4, 0.5) is 0 Å². The quantitative estimate of drug-likeness (QED) is 0.847. The van der Waals surface area contributed by atoms with Crippen molar-refractivity contribution in [1.82, 2.24) is 14.5 Å². The summed E-state index contributed by atoms with van der Waals surface area (Å²) in [7, 11) is 2.10. The van der Waals surface area contributed by atoms with Crippen LogP contribution in [-0.4, -0.2) is 40.7 Å². The molecular formula is C20H27N3O. The van der Waals surface area contributed by atoms with Crippen LogP contribution in [0.5, 0.6) is 5.75 Å². The summed E-state index contributed by atoms with van der Waals surface area (Å²) < 4.78 is 7.76. The zero-order chi connectivity index (χ0) is 16.4. The summed E-state index contributed by atoms with van der Waals surface area (Å²) in [5.41, 5.74) is 2.84. The number of benzene rings is 1. The third-order valence-corrected chi connectivity index (χ3v) is 5.47. The minimum atomic E-state index is 0.744. The van der Waals surface area contributed by atoms with Crippen LogP contribution < -0.4 is 4.74 Å². The topological polar surface area (TPSA) is 30.3 Å². The molecular weight excluding hydrogens is 298 g/mol. The van der Waals surface area contributed by atoms with Gasteiger partial charge in [-0.25, -0.2) is 4.98 Å². The minimum absolute atomic E-state index is 0.744. The molecule has 0 saturated carbocycles. The van der Waals surface area contributed by atoms with Crippen LogP contribution in [0.2, 0.25) is 0 Å². The van der Waals surface area contributed by atoms with Crippen LogP contribution in [0, 0.1) is 5.92 Å². The summed E-state index contributed by atoms with van der Waals surface area (Å²) in [4.78, 5) is 7.13. The Morgan fingerprint density at radius 3 is 3.17 bits per heavy atom. The highest BCUT2D eigenvalue weighted by Crippen LogP contribution is 2.26. The van der Waals surface area contributed by atoms with E-state index in [0.717, 1.165) is 44.1 Å². The van der Waals surface area contributed by atoms with E-state index >= 15 is 0 Å². The van der Waals surface area contributed by atoms with Crippen molar-refractivity contribution < 1.29 is 4.74 Å². The molecule has 0 aliphatic carbocycles. The SMILES string of the molecule is Cn1ccnc1C[C@H]1CCCN(CCc2ccc3c(c2)CCO3)C1. The van der Waals surface area contributed by atoms with Crippen LogP contribution in [0.25, 0.3) is 0 Å². The Morgan fingerprint density at radius 1 is 1.33 bits per heavy atom. The summed E-state index contributed by atoms with van der Waals surface area (Å²) >= 11 is 0. The van der Waals surface area contributed by atoms with Crippen molar-refractivity contribution >= 4 is 0 Å². The van der Waals surface area contributed by atoms with Crippen LogP contribution in [0.15, 0.2) is 30.6 Å². The first kappa shape index (κ1) is 15.7. The molecule has 1 atom stereocenters. The van der Waals surface area contributed by atoms with Gasteiger partial charge in [-0.15, -0.1) is 0 Å². The highest BCUT2D eigenvalue weighted by atomic mass is 16.5. The Hall–Kier alpha value is -1.81. The molecule has 0 radical (unpaired) electrons. The number of imidazole rings is 1. The summed E-state index contributed by atoms with van der Waals surface area (Å²) in [6.07, 6.45) is 9.92. The Morgan fingerprint density at radius 2 is 2.29 bits per heavy atom. The van der Waals surface area contributed by atoms with Gasteiger partial charge in [0.15, 0.2) is 0 Å². The molecule has 1 saturated heterocycles. The fraction of sp³-hybridized carbons (Fsp3) is 0.550. The zero-order valence-corrected chi connectivity index (χ0v) is 14.6. The fourth-order valence-electron chi connectivity index (χ4n) is 4.06. The maximum atomic E-state index is 5.60. The third-order valence-electron chi connectivity index (χ3n) is 5.47. The first-order chi connectivity index (χ1) is 11.8. The molecule has 2 aromatic rings. The Balaban J connectivity index is 1.31. The summed E-state index contributed by atoms with van der Waals surface area (Å²) in [6.45, 7) is 4.46. The number of ether oxygens (including phenoxy) is 1. The monoisotopic (exact) mass is 325 g/mol. The van der Waals surface area contributed by atoms with Crippen molar-refractivity contribution in [2.24, 2.45) is 13.0 Å². The zero-order valence-electron chi connectivity index (χ0n) is 14.6. The number of piperidine rings is 1. The van der Waals surface area contributed by atoms with Gasteiger partial charge in [-0.1, -0.05) is 12.1 Å². The van der Waals surface area contributed by atoms with E-state index in [1.807, 2.05) is 12.4 Å². The fourth-order valence-corrected chi connectivity index (χ4v) is 4.06. The molecule has 4 heteroatoms. The van der Waals surface area contributed by atoms with Gasteiger partial charge in [-0.2, -0.15) is 0 Å². The predicted octanol–water partition coefficient (Wildman–Crippen LogP) is 2.85. The lowest BCUT2D eigenvalue weighted by Crippen LogP contribution is -2.37. The normalized spacial score (nSPS) is 20.8. The molecule has 1 fully saturated rings. The number of fused-ring (bicyclic) bond motifs is 1. The molecule has 2 aliphatic heterocycles. The highest BCUT2D eigenvalue weighted by Gasteiger charge is 2.21. The van der Waals surface area contributed by atoms with Gasteiger partial charge in [-0.05, 0) is 48.9 Å². The lowest BCUT2D eigenvalue weighted by atomic mass is 9.94. The van der Waals surface area contributed by atoms with Gasteiger partial charge >= 0.3 is 0 Å². The smallest absolute Gasteiger partial charge is 0.122 e. The molecule has 0 spiro atoms. The molecule has 4 nitrogen and oxygen atoms in total. The third kappa shape index (κ3) is 3.48. The van der Waals surface area contributed by atoms with Gasteiger partial charge in [0.05, 0.1) is 6.61 Å². The van der Waals surface area contributed by atoms with E-state index < -0.39 is 0 Å². The van der Waals surface area contributed by atoms with Crippen LogP contribution in [-0.2, 0) is 26.3 Å². The molecule has 24 heavy (non-hydrogen) atoms. The van der Waals surface area contributed by atoms with Gasteiger partial charge in [0.1, 0.15) is 11.6 Å². The van der Waals surface area contributed by atoms with E-state index in [4.69, 9.17) is 4.74 Å². The molecule has 4 rings (SSSR count). The second-order valence-corrected chi connectivity index (χ2v) is 7.26. The van der Waals surface area contributed by atoms with E-state index in [1.54, 1.807) is 0 Å². The van der Waals surface area contributed by atoms with Gasteiger partial charge < -0.3 is 14.2 Å². The minimum Gasteiger partial charge on any atom is -0.493 e. The van der Waals surface area contributed by atoms with Gasteiger partial charge in [0.2, 0.25) is 0 Å². The van der Waals surface area contributed by atoms with Crippen molar-refractivity contribution in [3.63, 3.8) is 0 Å². The summed E-state index contributed by atoms with van der Waals surface area (Å²) in [5, 5.41) is 0. The lowest BCUT2D eigenvalue weighted by Gasteiger charge is -2.32. The van der Waals surface area contributed by atoms with Crippen molar-refractivity contribution in [2.75, 3.05) is 26.2 Å². The average Bonchev–Trinajstić information content (AvgIpc) is 3.22. The van der Waals surface area contributed by atoms with E-state index in [9.17, 15) is 0 Å². The standard InChI is InChI=1S/C20H27N3O/c1-22-11-8-21-20(22)14-17-3-2-9-23(15-17)10-6-16-4-5-19-18(13-16)7-12-24-19/h4-5,8,11,13,17H,2-3,6-7,9-10,12,14-15H2,1H3/t17-/m1/s1. The molecule has 128 valence electrons. The number of nitrogens with zero attached hydrogens (tertiary/aromatic N) is 3. The highest BCUT2D eigenvalue weighted by molar-refractivity contribution is 5.39. The number of hydrogen-bond acceptors (Lipinski definition) is 3. The summed E-state index contributed by atoms with van der Waals surface area (Å²) in [5.74, 6) is 3.06. The predicted molar refractivity (Wildman–Crippen MR) is 95.4 cm³/mol. The van der Waals surface area contributed by atoms with Crippen molar-refractivity contribution in [2.45, 2.75) is 32.1 Å². The largest absolute Gasteiger partial charge is 0.493 e. The number of rotatable bonds is 5. The van der Waals surface area contributed by atoms with Crippen LogP contribution in [0.1, 0.15) is 29.8 Å². The molecule has 1 aromatic carbocycles. The lowest BCUT2D eigenvalue weighted by molar-refractivity contribution is 0.174. The van der Waals surface area contributed by atoms with Crippen molar-refractivity contribution in [3.8, 4) is 5.75 Å². The van der Waals surface area contributed by atoms with Crippen LogP contribution >= 0.6 is 0 Å². The van der Waals surface area contributed by atoms with Gasteiger partial charge in [0.25, 0.3) is 0 Å². The number of hydrogen-bond donors (Lipinski definition) is 0. The second kappa shape index (κ2) is 6.98. The molecule has 1 aromatic heterocycles. The first-order valence-electron chi connectivity index (χ1n) is 9.21. The molecule has 3 heterocycles. The number of aromatic nitrogens is 2. The molecule has 0 N–H and O–H groups in total. The Bertz CT molecular complexity index is 694. The average molecular weight is 325 g/mol. The van der Waals surface area contributed by atoms with E-state index in [2.05, 4.69) is 39.7 Å². The number of aryl methyl sites for hydroxylation is 1. The molecule has 2 aliphatic rings. The molecule has 0 amide bonds. The molecule has 0 unspecified atom stereocenters. The van der Waals surface area contributed by atoms with E-state index in [-0.39, 0.29) is 0 Å². The van der Waals surface area contributed by atoms with Gasteiger partial charge in [-0.3, -0.25) is 0 Å². The summed E-state index contributed by atoms with van der Waals surface area (Å²) in [6, 6.07) is 6.73. The van der Waals surface area contributed by atoms with E-state index in [1.165, 1.54) is 42.9 Å². The first-order valence-corrected chi connectivity index (χ1v) is 9.21. The number of likely N-dealkylation sites (tertiary alicyclic amines) is 1. The van der Waals surface area contributed by atoms with Crippen molar-refractivity contribution in [3.05, 3.63) is 47.5 Å². The van der Waals surface area contributed by atoms with E-state index in [0.29, 0.717) is 0 Å².